The van der Waals surface area contributed by atoms with Crippen LogP contribution in [0, 0.1) is 5.92 Å². The van der Waals surface area contributed by atoms with Crippen molar-refractivity contribution in [2.75, 3.05) is 13.1 Å². The Morgan fingerprint density at radius 2 is 1.84 bits per heavy atom. The molecule has 7 rings (SSSR count). The zero-order chi connectivity index (χ0) is 39.6. The second kappa shape index (κ2) is 16.1. The third kappa shape index (κ3) is 8.43. The molecule has 3 aliphatic carbocycles. The van der Waals surface area contributed by atoms with Crippen LogP contribution < -0.4 is 25.4 Å². The Labute approximate surface area is 328 Å². The van der Waals surface area contributed by atoms with E-state index in [0.717, 1.165) is 34.7 Å². The van der Waals surface area contributed by atoms with E-state index in [9.17, 15) is 32.4 Å². The number of sulfonamides is 1. The molecule has 5 amide bonds. The molecule has 0 unspecified atom stereocenters. The Kier molecular flexibility index (Phi) is 11.2. The van der Waals surface area contributed by atoms with Crippen LogP contribution in [0.4, 0.5) is 4.79 Å². The van der Waals surface area contributed by atoms with Gasteiger partial charge in [0.25, 0.3) is 5.91 Å². The number of carbonyl (C=O) groups excluding carboxylic acids is 5. The number of likely N-dealkylation sites (tertiary alicyclic amines) is 1. The first-order valence-corrected chi connectivity index (χ1v) is 21.1. The van der Waals surface area contributed by atoms with Crippen molar-refractivity contribution in [3.05, 3.63) is 73.3 Å². The second-order valence-corrected chi connectivity index (χ2v) is 17.6. The molecule has 4 aliphatic rings. The van der Waals surface area contributed by atoms with Gasteiger partial charge in [0.1, 0.15) is 29.8 Å². The molecule has 56 heavy (non-hydrogen) atoms. The minimum Gasteiger partial charge on any atom is -0.472 e. The zero-order valence-corrected chi connectivity index (χ0v) is 32.2. The molecule has 296 valence electrons. The molecule has 1 aliphatic heterocycles. The minimum atomic E-state index is -3.94. The summed E-state index contributed by atoms with van der Waals surface area (Å²) in [6.07, 6.45) is 6.25. The van der Waals surface area contributed by atoms with Gasteiger partial charge in [-0.25, -0.2) is 18.2 Å². The number of hydrogen-bond donors (Lipinski definition) is 4. The molecule has 3 saturated carbocycles. The average Bonchev–Trinajstić information content (AvgIpc) is 3.94. The first-order chi connectivity index (χ1) is 26.9. The van der Waals surface area contributed by atoms with Crippen LogP contribution in [-0.4, -0.2) is 96.2 Å². The lowest BCUT2D eigenvalue weighted by atomic mass is 10.1. The molecule has 3 heterocycles. The summed E-state index contributed by atoms with van der Waals surface area (Å²) in [5.74, 6) is -3.21. The van der Waals surface area contributed by atoms with Crippen LogP contribution in [0.25, 0.3) is 21.2 Å². The molecule has 5 atom stereocenters. The predicted molar refractivity (Wildman–Crippen MR) is 208 cm³/mol. The third-order valence-electron chi connectivity index (χ3n) is 10.7. The van der Waals surface area contributed by atoms with E-state index in [4.69, 9.17) is 9.47 Å². The van der Waals surface area contributed by atoms with Gasteiger partial charge in [0.15, 0.2) is 0 Å². The van der Waals surface area contributed by atoms with Gasteiger partial charge < -0.3 is 30.3 Å². The van der Waals surface area contributed by atoms with Gasteiger partial charge in [-0.2, -0.15) is 0 Å². The van der Waals surface area contributed by atoms with E-state index in [1.54, 1.807) is 17.5 Å². The molecule has 3 aromatic rings. The number of alkyl carbamates (subject to hydrolysis) is 1. The van der Waals surface area contributed by atoms with Gasteiger partial charge in [0.05, 0.1) is 11.8 Å². The smallest absolute Gasteiger partial charge is 0.408 e. The summed E-state index contributed by atoms with van der Waals surface area (Å²) in [4.78, 5) is 74.4. The summed E-state index contributed by atoms with van der Waals surface area (Å²) >= 11 is 1.58. The van der Waals surface area contributed by atoms with Gasteiger partial charge in [-0.1, -0.05) is 30.9 Å². The van der Waals surface area contributed by atoms with Gasteiger partial charge in [0, 0.05) is 35.3 Å². The lowest BCUT2D eigenvalue weighted by molar-refractivity contribution is -0.141. The van der Waals surface area contributed by atoms with E-state index in [1.807, 2.05) is 41.8 Å². The van der Waals surface area contributed by atoms with E-state index >= 15 is 0 Å². The summed E-state index contributed by atoms with van der Waals surface area (Å²) in [5, 5.41) is 10.8. The topological polar surface area (TPSA) is 202 Å². The fourth-order valence-electron chi connectivity index (χ4n) is 7.39. The number of thiophene rings is 1. The molecule has 4 N–H and O–H groups in total. The zero-order valence-electron chi connectivity index (χ0n) is 30.6. The number of ether oxygens (including phenoxy) is 2. The predicted octanol–water partition coefficient (Wildman–Crippen LogP) is 3.32. The summed E-state index contributed by atoms with van der Waals surface area (Å²) in [5.41, 5.74) is -0.649. The highest BCUT2D eigenvalue weighted by atomic mass is 32.2. The van der Waals surface area contributed by atoms with Crippen LogP contribution in [0.2, 0.25) is 0 Å². The van der Waals surface area contributed by atoms with Crippen LogP contribution in [0.15, 0.2) is 73.3 Å². The molecule has 1 saturated heterocycles. The maximum absolute atomic E-state index is 14.5. The number of amides is 5. The van der Waals surface area contributed by atoms with Crippen molar-refractivity contribution in [1.82, 2.24) is 30.6 Å². The molecule has 0 spiro atoms. The summed E-state index contributed by atoms with van der Waals surface area (Å²) in [6, 6.07) is 9.11. The molecule has 4 fully saturated rings. The number of rotatable bonds is 15. The van der Waals surface area contributed by atoms with E-state index in [1.165, 1.54) is 11.0 Å². The van der Waals surface area contributed by atoms with Gasteiger partial charge >= 0.3 is 6.09 Å². The van der Waals surface area contributed by atoms with Gasteiger partial charge in [0.2, 0.25) is 33.6 Å². The lowest BCUT2D eigenvalue weighted by Gasteiger charge is -2.30. The number of fused-ring (bicyclic) bond motifs is 1. The number of hydrogen-bond acceptors (Lipinski definition) is 11. The Morgan fingerprint density at radius 3 is 2.52 bits per heavy atom. The van der Waals surface area contributed by atoms with Crippen LogP contribution in [-0.2, 0) is 33.9 Å². The molecule has 15 nitrogen and oxygen atoms in total. The van der Waals surface area contributed by atoms with Crippen molar-refractivity contribution in [3.8, 4) is 16.3 Å². The Bertz CT molecular complexity index is 2150. The number of aromatic nitrogens is 1. The SMILES string of the molecule is C=CC(=O)NC[C@@H](NC(=O)OC1CCCC1)C(=O)N1C[C@H](Oc2nccc3ccc(-c4cccs4)cc23)C[C@H]1C(=O)N[C@]1(C(=O)NS(=O)(=O)C2CC2)C[C@H]1C=C. The third-order valence-corrected chi connectivity index (χ3v) is 13.5. The van der Waals surface area contributed by atoms with Gasteiger partial charge in [-0.05, 0) is 85.6 Å². The quantitative estimate of drug-likeness (QED) is 0.130. The maximum atomic E-state index is 14.5. The van der Waals surface area contributed by atoms with Gasteiger partial charge in [-0.15, -0.1) is 17.9 Å². The van der Waals surface area contributed by atoms with Crippen LogP contribution in [0.3, 0.4) is 0 Å². The number of nitrogens with zero attached hydrogens (tertiary/aromatic N) is 2. The summed E-state index contributed by atoms with van der Waals surface area (Å²) < 4.78 is 39.6. The lowest BCUT2D eigenvalue weighted by Crippen LogP contribution is -2.59. The van der Waals surface area contributed by atoms with Crippen molar-refractivity contribution in [2.45, 2.75) is 86.4 Å². The van der Waals surface area contributed by atoms with Crippen molar-refractivity contribution < 1.29 is 41.9 Å². The molecule has 2 aromatic heterocycles. The summed E-state index contributed by atoms with van der Waals surface area (Å²) in [6.45, 7) is 6.73. The molecule has 17 heteroatoms. The summed E-state index contributed by atoms with van der Waals surface area (Å²) in [7, 11) is -3.94. The fraction of sp³-hybridized carbons (Fsp3) is 0.436. The second-order valence-electron chi connectivity index (χ2n) is 14.7. The van der Waals surface area contributed by atoms with Crippen LogP contribution >= 0.6 is 11.3 Å². The largest absolute Gasteiger partial charge is 0.472 e. The number of pyridine rings is 1. The van der Waals surface area contributed by atoms with E-state index in [2.05, 4.69) is 38.8 Å². The normalized spacial score (nSPS) is 23.8. The molecular weight excluding hydrogens is 761 g/mol. The first-order valence-electron chi connectivity index (χ1n) is 18.7. The van der Waals surface area contributed by atoms with E-state index < -0.39 is 74.6 Å². The van der Waals surface area contributed by atoms with Crippen molar-refractivity contribution >= 4 is 61.9 Å². The van der Waals surface area contributed by atoms with Gasteiger partial charge in [-0.3, -0.25) is 23.9 Å². The van der Waals surface area contributed by atoms with Crippen molar-refractivity contribution in [1.29, 1.82) is 0 Å². The molecular formula is C39H44N6O9S2. The first kappa shape index (κ1) is 39.0. The Hall–Kier alpha value is -5.29. The molecule has 0 radical (unpaired) electrons. The standard InChI is InChI=1S/C39H44N6O9S2/c1-3-25-20-39(25,37(49)44-56(51,52)28-13-14-28)43-34(47)31-19-27(53-35-29-18-24(32-10-7-17-55-32)12-11-23(29)15-16-40-35)22-45(31)36(48)30(21-41-33(46)4-2)42-38(50)54-26-8-5-6-9-26/h3-4,7,10-12,15-18,25-28,30-31H,1-2,5-6,8-9,13-14,19-22H2,(H,41,46)(H,42,50)(H,43,47)(H,44,49)/t25-,27-,30-,31+,39-/m1/s1. The molecule has 1 aromatic carbocycles. The minimum absolute atomic E-state index is 0.0463. The average molecular weight is 805 g/mol. The van der Waals surface area contributed by atoms with E-state index in [-0.39, 0.29) is 37.9 Å². The monoisotopic (exact) mass is 804 g/mol. The highest BCUT2D eigenvalue weighted by Crippen LogP contribution is 2.45. The van der Waals surface area contributed by atoms with Crippen molar-refractivity contribution in [3.63, 3.8) is 0 Å². The number of benzene rings is 1. The van der Waals surface area contributed by atoms with Crippen LogP contribution in [0.1, 0.15) is 51.4 Å². The van der Waals surface area contributed by atoms with E-state index in [0.29, 0.717) is 31.1 Å². The Balaban J connectivity index is 1.17. The van der Waals surface area contributed by atoms with Crippen LogP contribution in [0.5, 0.6) is 5.88 Å². The Morgan fingerprint density at radius 1 is 1.05 bits per heavy atom. The fourth-order valence-corrected chi connectivity index (χ4v) is 9.48. The number of nitrogens with one attached hydrogen (secondary N) is 4. The highest BCUT2D eigenvalue weighted by molar-refractivity contribution is 7.91. The maximum Gasteiger partial charge on any atom is 0.408 e. The van der Waals surface area contributed by atoms with Crippen molar-refractivity contribution in [2.24, 2.45) is 5.92 Å². The highest BCUT2D eigenvalue weighted by Gasteiger charge is 2.62. The molecule has 0 bridgehead atoms. The number of carbonyl (C=O) groups is 5.